The van der Waals surface area contributed by atoms with E-state index in [0.717, 1.165) is 31.9 Å². The Morgan fingerprint density at radius 2 is 2.00 bits per heavy atom. The highest BCUT2D eigenvalue weighted by Crippen LogP contribution is 2.45. The smallest absolute Gasteiger partial charge is 0.487 e. The number of fused-ring (bicyclic) bond motifs is 5. The molecule has 6 rings (SSSR count). The van der Waals surface area contributed by atoms with Gasteiger partial charge in [0.05, 0.1) is 23.2 Å². The van der Waals surface area contributed by atoms with Crippen LogP contribution >= 0.6 is 22.9 Å². The second kappa shape index (κ2) is 12.9. The van der Waals surface area contributed by atoms with Crippen molar-refractivity contribution in [2.24, 2.45) is 0 Å². The molecule has 0 aliphatic heterocycles. The lowest BCUT2D eigenvalue weighted by Crippen LogP contribution is -2.38. The Labute approximate surface area is 269 Å². The second-order valence-corrected chi connectivity index (χ2v) is 12.4. The molecule has 46 heavy (non-hydrogen) atoms. The van der Waals surface area contributed by atoms with Crippen molar-refractivity contribution in [1.82, 2.24) is 24.6 Å². The van der Waals surface area contributed by atoms with Gasteiger partial charge < -0.3 is 19.7 Å². The van der Waals surface area contributed by atoms with Crippen molar-refractivity contribution in [2.45, 2.75) is 38.3 Å². The lowest BCUT2D eigenvalue weighted by Gasteiger charge is -2.23. The molecule has 1 N–H and O–H groups in total. The van der Waals surface area contributed by atoms with E-state index in [9.17, 15) is 22.4 Å². The molecule has 9 nitrogen and oxygen atoms in total. The summed E-state index contributed by atoms with van der Waals surface area (Å²) in [4.78, 5) is 23.9. The third-order valence-electron chi connectivity index (χ3n) is 7.32. The summed E-state index contributed by atoms with van der Waals surface area (Å²) in [6.07, 6.45) is -1.81. The molecule has 0 bridgehead atoms. The molecular weight excluding hydrogens is 648 g/mol. The number of hydrogen-bond acceptors (Lipinski definition) is 9. The minimum atomic E-state index is -5.09. The first-order valence-corrected chi connectivity index (χ1v) is 15.3. The number of likely N-dealkylation sites (N-methyl/N-ethyl adjacent to an activating group) is 1. The number of nitrogens with one attached hydrogen (secondary N) is 1. The summed E-state index contributed by atoms with van der Waals surface area (Å²) < 4.78 is 64.5. The van der Waals surface area contributed by atoms with Gasteiger partial charge in [-0.25, -0.2) is 19.2 Å². The van der Waals surface area contributed by atoms with Crippen LogP contribution in [0.5, 0.6) is 5.75 Å². The maximum atomic E-state index is 13.5. The number of rotatable bonds is 10. The van der Waals surface area contributed by atoms with E-state index in [2.05, 4.69) is 20.4 Å². The van der Waals surface area contributed by atoms with Crippen LogP contribution in [0.3, 0.4) is 0 Å². The van der Waals surface area contributed by atoms with Crippen molar-refractivity contribution in [3.05, 3.63) is 82.6 Å². The highest BCUT2D eigenvalue weighted by molar-refractivity contribution is 7.22. The molecule has 0 amide bonds. The number of esters is 1. The lowest BCUT2D eigenvalue weighted by molar-refractivity contribution is -0.206. The van der Waals surface area contributed by atoms with E-state index in [1.165, 1.54) is 29.8 Å². The van der Waals surface area contributed by atoms with Gasteiger partial charge >= 0.3 is 12.1 Å². The highest BCUT2D eigenvalue weighted by atomic mass is 35.5. The predicted molar refractivity (Wildman–Crippen MR) is 166 cm³/mol. The molecule has 240 valence electrons. The Balaban J connectivity index is 1.23. The Kier molecular flexibility index (Phi) is 8.86. The second-order valence-electron chi connectivity index (χ2n) is 11.0. The molecular formula is C31H27ClF4N6O3S. The molecule has 1 atom stereocenters. The number of carbonyl (C=O) groups is 1. The number of thiophene rings is 1. The first kappa shape index (κ1) is 31.7. The van der Waals surface area contributed by atoms with E-state index in [0.29, 0.717) is 40.7 Å². The summed E-state index contributed by atoms with van der Waals surface area (Å²) in [5, 5.41) is 9.02. The first-order chi connectivity index (χ1) is 22.0. The lowest BCUT2D eigenvalue weighted by atomic mass is 9.95. The standard InChI is InChI=1S/C31H27ClF4N6O3S/c1-41(2)13-20(45-30(43)31(34,35)36)14-42-24-8-7-21-26-28(37-16-38-29(26)46-27(21)22(24)12-39-42)40-19-6-9-25(23(32)11-19)44-15-17-4-3-5-18(33)10-17/h3-6,9-12,16,20H,7-8,13-15H2,1-2H3,(H,37,38,40)/t20-/m1/s1. The Bertz CT molecular complexity index is 1910. The third-order valence-corrected chi connectivity index (χ3v) is 8.79. The normalized spacial score (nSPS) is 13.4. The van der Waals surface area contributed by atoms with Crippen LogP contribution in [-0.2, 0) is 35.5 Å². The molecule has 0 saturated carbocycles. The number of benzene rings is 2. The van der Waals surface area contributed by atoms with Crippen LogP contribution in [0.25, 0.3) is 20.7 Å². The summed E-state index contributed by atoms with van der Waals surface area (Å²) in [7, 11) is 3.38. The molecule has 0 unspecified atom stereocenters. The number of carbonyl (C=O) groups excluding carboxylic acids is 1. The van der Waals surface area contributed by atoms with Crippen molar-refractivity contribution in [3.8, 4) is 16.2 Å². The number of anilines is 2. The number of nitrogens with zero attached hydrogens (tertiary/aromatic N) is 5. The van der Waals surface area contributed by atoms with Crippen LogP contribution in [0.1, 0.15) is 16.8 Å². The summed E-state index contributed by atoms with van der Waals surface area (Å²) in [5.74, 6) is -1.53. The predicted octanol–water partition coefficient (Wildman–Crippen LogP) is 6.80. The maximum Gasteiger partial charge on any atom is 0.490 e. The monoisotopic (exact) mass is 674 g/mol. The average Bonchev–Trinajstić information content (AvgIpc) is 3.58. The highest BCUT2D eigenvalue weighted by Gasteiger charge is 2.42. The first-order valence-electron chi connectivity index (χ1n) is 14.1. The Morgan fingerprint density at radius 3 is 2.74 bits per heavy atom. The summed E-state index contributed by atoms with van der Waals surface area (Å²) in [6, 6.07) is 11.4. The third kappa shape index (κ3) is 6.78. The molecule has 15 heteroatoms. The number of halogens is 5. The van der Waals surface area contributed by atoms with E-state index >= 15 is 0 Å². The number of aromatic nitrogens is 4. The number of ether oxygens (including phenoxy) is 2. The van der Waals surface area contributed by atoms with Crippen LogP contribution in [0, 0.1) is 5.82 Å². The SMILES string of the molecule is CN(C)C[C@H](Cn1ncc2c1CCc1c-2sc2ncnc(Nc3ccc(OCc4cccc(F)c4)c(Cl)c3)c12)OC(=O)C(F)(F)F. The van der Waals surface area contributed by atoms with Gasteiger partial charge in [0, 0.05) is 28.4 Å². The summed E-state index contributed by atoms with van der Waals surface area (Å²) >= 11 is 7.99. The molecule has 2 aromatic carbocycles. The van der Waals surface area contributed by atoms with E-state index in [1.54, 1.807) is 60.2 Å². The molecule has 3 aromatic heterocycles. The van der Waals surface area contributed by atoms with E-state index in [-0.39, 0.29) is 25.5 Å². The Hall–Kier alpha value is -4.27. The fourth-order valence-corrected chi connectivity index (χ4v) is 6.84. The molecule has 1 aliphatic rings. The van der Waals surface area contributed by atoms with Crippen molar-refractivity contribution in [3.63, 3.8) is 0 Å². The van der Waals surface area contributed by atoms with Crippen molar-refractivity contribution in [2.75, 3.05) is 26.0 Å². The van der Waals surface area contributed by atoms with Gasteiger partial charge in [0.1, 0.15) is 41.3 Å². The molecule has 5 aromatic rings. The number of alkyl halides is 3. The molecule has 0 spiro atoms. The van der Waals surface area contributed by atoms with Crippen LogP contribution in [0.4, 0.5) is 29.1 Å². The van der Waals surface area contributed by atoms with Gasteiger partial charge in [0.2, 0.25) is 0 Å². The van der Waals surface area contributed by atoms with Crippen molar-refractivity contribution in [1.29, 1.82) is 0 Å². The average molecular weight is 675 g/mol. The van der Waals surface area contributed by atoms with E-state index in [1.807, 2.05) is 0 Å². The van der Waals surface area contributed by atoms with Gasteiger partial charge in [-0.2, -0.15) is 18.3 Å². The van der Waals surface area contributed by atoms with Crippen LogP contribution in [0.2, 0.25) is 5.02 Å². The van der Waals surface area contributed by atoms with Crippen molar-refractivity contribution >= 4 is 50.6 Å². The van der Waals surface area contributed by atoms with Crippen LogP contribution < -0.4 is 10.1 Å². The van der Waals surface area contributed by atoms with Gasteiger partial charge in [-0.05, 0) is 68.4 Å². The molecule has 1 aliphatic carbocycles. The summed E-state index contributed by atoms with van der Waals surface area (Å²) in [5.41, 5.74) is 4.07. The summed E-state index contributed by atoms with van der Waals surface area (Å²) in [6.45, 7) is 0.232. The van der Waals surface area contributed by atoms with Crippen molar-refractivity contribution < 1.29 is 31.8 Å². The van der Waals surface area contributed by atoms with Gasteiger partial charge in [0.25, 0.3) is 0 Å². The zero-order valence-corrected chi connectivity index (χ0v) is 26.1. The number of hydrogen-bond donors (Lipinski definition) is 1. The van der Waals surface area contributed by atoms with Gasteiger partial charge in [-0.15, -0.1) is 11.3 Å². The van der Waals surface area contributed by atoms with E-state index < -0.39 is 18.2 Å². The quantitative estimate of drug-likeness (QED) is 0.128. The number of aryl methyl sites for hydroxylation is 1. The fraction of sp³-hybridized carbons (Fsp3) is 0.290. The minimum Gasteiger partial charge on any atom is -0.487 e. The topological polar surface area (TPSA) is 94.4 Å². The van der Waals surface area contributed by atoms with E-state index in [4.69, 9.17) is 21.1 Å². The minimum absolute atomic E-state index is 0.0229. The van der Waals surface area contributed by atoms with Gasteiger partial charge in [0.15, 0.2) is 0 Å². The maximum absolute atomic E-state index is 13.5. The Morgan fingerprint density at radius 1 is 1.17 bits per heavy atom. The zero-order valence-electron chi connectivity index (χ0n) is 24.6. The fourth-order valence-electron chi connectivity index (χ4n) is 5.38. The molecule has 3 heterocycles. The van der Waals surface area contributed by atoms with Gasteiger partial charge in [-0.1, -0.05) is 23.7 Å². The van der Waals surface area contributed by atoms with Gasteiger partial charge in [-0.3, -0.25) is 4.68 Å². The zero-order chi connectivity index (χ0) is 32.6. The molecule has 0 radical (unpaired) electrons. The largest absolute Gasteiger partial charge is 0.490 e. The molecule has 0 fully saturated rings. The molecule has 0 saturated heterocycles. The van der Waals surface area contributed by atoms with Crippen LogP contribution in [-0.4, -0.2) is 63.5 Å². The van der Waals surface area contributed by atoms with Crippen LogP contribution in [0.15, 0.2) is 55.0 Å².